The summed E-state index contributed by atoms with van der Waals surface area (Å²) in [5.41, 5.74) is 6.91. The Labute approximate surface area is 148 Å². The van der Waals surface area contributed by atoms with E-state index in [9.17, 15) is 0 Å². The molecule has 0 spiro atoms. The molecule has 1 aromatic rings. The molecule has 5 nitrogen and oxygen atoms in total. The number of H-pyrrole nitrogens is 1. The third-order valence-corrected chi connectivity index (χ3v) is 4.23. The Bertz CT molecular complexity index is 406. The molecule has 0 atom stereocenters. The molecule has 1 aliphatic rings. The van der Waals surface area contributed by atoms with Gasteiger partial charge in [0.1, 0.15) is 0 Å². The summed E-state index contributed by atoms with van der Waals surface area (Å²) in [6.45, 7) is 12.5. The topological polar surface area (TPSA) is 67.2 Å². The van der Waals surface area contributed by atoms with E-state index in [1.165, 1.54) is 31.2 Å². The van der Waals surface area contributed by atoms with Crippen LogP contribution < -0.4 is 5.73 Å². The van der Waals surface area contributed by atoms with Crippen molar-refractivity contribution in [3.05, 3.63) is 18.0 Å². The summed E-state index contributed by atoms with van der Waals surface area (Å²) in [4.78, 5) is 2.16. The van der Waals surface area contributed by atoms with Crippen LogP contribution in [-0.2, 0) is 11.3 Å². The molecule has 3 N–H and O–H groups in total. The van der Waals surface area contributed by atoms with Crippen molar-refractivity contribution in [2.75, 3.05) is 26.7 Å². The van der Waals surface area contributed by atoms with Gasteiger partial charge in [-0.05, 0) is 44.1 Å². The SMILES string of the molecule is CC1CCC(OCC(C)(C)C)CC1.CN(CCN)Cc1cn[nH]c1. The average Bonchev–Trinajstić information content (AvgIpc) is 2.99. The highest BCUT2D eigenvalue weighted by molar-refractivity contribution is 5.01. The Morgan fingerprint density at radius 3 is 2.46 bits per heavy atom. The number of nitrogens with zero attached hydrogens (tertiary/aromatic N) is 2. The Hall–Kier alpha value is -0.910. The van der Waals surface area contributed by atoms with Crippen molar-refractivity contribution in [2.24, 2.45) is 17.1 Å². The first-order valence-corrected chi connectivity index (χ1v) is 9.28. The third kappa shape index (κ3) is 10.1. The van der Waals surface area contributed by atoms with Crippen LogP contribution in [0.3, 0.4) is 0 Å². The van der Waals surface area contributed by atoms with Gasteiger partial charge in [0.05, 0.1) is 18.9 Å². The molecule has 0 aromatic carbocycles. The Balaban J connectivity index is 0.000000243. The van der Waals surface area contributed by atoms with Gasteiger partial charge in [-0.1, -0.05) is 27.7 Å². The van der Waals surface area contributed by atoms with Crippen molar-refractivity contribution in [3.8, 4) is 0 Å². The van der Waals surface area contributed by atoms with Gasteiger partial charge < -0.3 is 15.4 Å². The minimum Gasteiger partial charge on any atom is -0.378 e. The van der Waals surface area contributed by atoms with E-state index in [4.69, 9.17) is 10.5 Å². The summed E-state index contributed by atoms with van der Waals surface area (Å²) >= 11 is 0. The van der Waals surface area contributed by atoms with Crippen molar-refractivity contribution in [2.45, 2.75) is 66.0 Å². The molecule has 24 heavy (non-hydrogen) atoms. The minimum atomic E-state index is 0.322. The number of nitrogens with one attached hydrogen (secondary N) is 1. The molecular formula is C19H38N4O. The number of hydrogen-bond donors (Lipinski definition) is 2. The summed E-state index contributed by atoms with van der Waals surface area (Å²) < 4.78 is 5.90. The predicted octanol–water partition coefficient (Wildman–Crippen LogP) is 3.43. The highest BCUT2D eigenvalue weighted by atomic mass is 16.5. The van der Waals surface area contributed by atoms with E-state index in [2.05, 4.69) is 42.8 Å². The molecule has 1 aromatic heterocycles. The van der Waals surface area contributed by atoms with Crippen molar-refractivity contribution < 1.29 is 4.74 Å². The van der Waals surface area contributed by atoms with Crippen LogP contribution in [-0.4, -0.2) is 47.9 Å². The van der Waals surface area contributed by atoms with Crippen molar-refractivity contribution in [1.82, 2.24) is 15.1 Å². The van der Waals surface area contributed by atoms with Gasteiger partial charge >= 0.3 is 0 Å². The summed E-state index contributed by atoms with van der Waals surface area (Å²) in [5.74, 6) is 0.925. The number of rotatable bonds is 6. The fraction of sp³-hybridized carbons (Fsp3) is 0.842. The maximum atomic E-state index is 5.90. The lowest BCUT2D eigenvalue weighted by molar-refractivity contribution is -0.0157. The maximum Gasteiger partial charge on any atom is 0.0575 e. The predicted molar refractivity (Wildman–Crippen MR) is 101 cm³/mol. The van der Waals surface area contributed by atoms with Crippen molar-refractivity contribution in [1.29, 1.82) is 0 Å². The van der Waals surface area contributed by atoms with Crippen molar-refractivity contribution in [3.63, 3.8) is 0 Å². The van der Waals surface area contributed by atoms with Crippen molar-refractivity contribution >= 4 is 0 Å². The second kappa shape index (κ2) is 10.9. The molecule has 140 valence electrons. The fourth-order valence-electron chi connectivity index (χ4n) is 2.74. The minimum absolute atomic E-state index is 0.322. The lowest BCUT2D eigenvalue weighted by atomic mass is 9.88. The van der Waals surface area contributed by atoms with E-state index < -0.39 is 0 Å². The monoisotopic (exact) mass is 338 g/mol. The summed E-state index contributed by atoms with van der Waals surface area (Å²) in [7, 11) is 2.04. The Kier molecular flexibility index (Phi) is 9.56. The number of ether oxygens (including phenoxy) is 1. The fourth-order valence-corrected chi connectivity index (χ4v) is 2.74. The van der Waals surface area contributed by atoms with E-state index in [1.807, 2.05) is 19.4 Å². The second-order valence-electron chi connectivity index (χ2n) is 8.39. The molecule has 1 saturated carbocycles. The van der Waals surface area contributed by atoms with E-state index in [0.717, 1.165) is 25.6 Å². The van der Waals surface area contributed by atoms with Crippen LogP contribution in [0.5, 0.6) is 0 Å². The van der Waals surface area contributed by atoms with Gasteiger partial charge in [0, 0.05) is 31.4 Å². The molecular weight excluding hydrogens is 300 g/mol. The molecule has 5 heteroatoms. The number of aromatic nitrogens is 2. The zero-order valence-electron chi connectivity index (χ0n) is 16.3. The van der Waals surface area contributed by atoms with Crippen LogP contribution in [0.1, 0.15) is 58.9 Å². The quantitative estimate of drug-likeness (QED) is 0.834. The van der Waals surface area contributed by atoms with Gasteiger partial charge in [0.2, 0.25) is 0 Å². The summed E-state index contributed by atoms with van der Waals surface area (Å²) in [6.07, 6.45) is 9.54. The van der Waals surface area contributed by atoms with Crippen LogP contribution in [0.25, 0.3) is 0 Å². The second-order valence-corrected chi connectivity index (χ2v) is 8.39. The standard InChI is InChI=1S/C12H24O.C7H14N4/c1-10-5-7-11(8-6-10)13-9-12(2,3)4;1-11(3-2-8)6-7-4-9-10-5-7/h10-11H,5-9H2,1-4H3;4-5H,2-3,6,8H2,1H3,(H,9,10). The summed E-state index contributed by atoms with van der Waals surface area (Å²) in [6, 6.07) is 0. The average molecular weight is 339 g/mol. The molecule has 1 aliphatic carbocycles. The first-order chi connectivity index (χ1) is 11.3. The molecule has 0 amide bonds. The lowest BCUT2D eigenvalue weighted by Gasteiger charge is -2.29. The smallest absolute Gasteiger partial charge is 0.0575 e. The first-order valence-electron chi connectivity index (χ1n) is 9.28. The zero-order valence-corrected chi connectivity index (χ0v) is 16.3. The van der Waals surface area contributed by atoms with E-state index in [-0.39, 0.29) is 0 Å². The molecule has 0 saturated heterocycles. The van der Waals surface area contributed by atoms with Crippen LogP contribution in [0.2, 0.25) is 0 Å². The van der Waals surface area contributed by atoms with Gasteiger partial charge in [0.25, 0.3) is 0 Å². The lowest BCUT2D eigenvalue weighted by Crippen LogP contribution is -2.25. The van der Waals surface area contributed by atoms with Gasteiger partial charge in [-0.2, -0.15) is 5.10 Å². The molecule has 0 bridgehead atoms. The van der Waals surface area contributed by atoms with Crippen LogP contribution >= 0.6 is 0 Å². The number of aromatic amines is 1. The molecule has 2 rings (SSSR count). The van der Waals surface area contributed by atoms with Gasteiger partial charge in [-0.25, -0.2) is 0 Å². The molecule has 0 radical (unpaired) electrons. The zero-order chi connectivity index (χ0) is 18.0. The Morgan fingerprint density at radius 2 is 1.96 bits per heavy atom. The number of nitrogens with two attached hydrogens (primary N) is 1. The highest BCUT2D eigenvalue weighted by Gasteiger charge is 2.20. The third-order valence-electron chi connectivity index (χ3n) is 4.23. The number of hydrogen-bond acceptors (Lipinski definition) is 4. The van der Waals surface area contributed by atoms with Crippen LogP contribution in [0.4, 0.5) is 0 Å². The highest BCUT2D eigenvalue weighted by Crippen LogP contribution is 2.27. The normalized spacial score (nSPS) is 21.5. The van der Waals surface area contributed by atoms with Gasteiger partial charge in [-0.3, -0.25) is 5.10 Å². The summed E-state index contributed by atoms with van der Waals surface area (Å²) in [5, 5.41) is 6.62. The maximum absolute atomic E-state index is 5.90. The molecule has 0 unspecified atom stereocenters. The number of likely N-dealkylation sites (N-methyl/N-ethyl adjacent to an activating group) is 1. The van der Waals surface area contributed by atoms with Gasteiger partial charge in [-0.15, -0.1) is 0 Å². The molecule has 0 aliphatic heterocycles. The van der Waals surface area contributed by atoms with E-state index >= 15 is 0 Å². The van der Waals surface area contributed by atoms with E-state index in [1.54, 1.807) is 0 Å². The van der Waals surface area contributed by atoms with Crippen LogP contribution in [0, 0.1) is 11.3 Å². The molecule has 1 fully saturated rings. The van der Waals surface area contributed by atoms with Crippen LogP contribution in [0.15, 0.2) is 12.4 Å². The first kappa shape index (κ1) is 21.1. The Morgan fingerprint density at radius 1 is 1.29 bits per heavy atom. The molecule has 1 heterocycles. The van der Waals surface area contributed by atoms with Gasteiger partial charge in [0.15, 0.2) is 0 Å². The van der Waals surface area contributed by atoms with E-state index in [0.29, 0.717) is 18.1 Å². The largest absolute Gasteiger partial charge is 0.378 e.